The molecule has 1 aliphatic rings. The van der Waals surface area contributed by atoms with Crippen molar-refractivity contribution in [2.75, 3.05) is 26.3 Å². The largest absolute Gasteiger partial charge is 0.490 e. The Kier molecular flexibility index (Phi) is 6.70. The van der Waals surface area contributed by atoms with Crippen LogP contribution >= 0.6 is 0 Å². The summed E-state index contributed by atoms with van der Waals surface area (Å²) < 4.78 is 13.4. The van der Waals surface area contributed by atoms with Gasteiger partial charge in [-0.2, -0.15) is 0 Å². The van der Waals surface area contributed by atoms with E-state index in [-0.39, 0.29) is 11.6 Å². The van der Waals surface area contributed by atoms with Crippen molar-refractivity contribution >= 4 is 17.0 Å². The van der Waals surface area contributed by atoms with E-state index in [0.717, 1.165) is 49.5 Å². The molecule has 0 unspecified atom stereocenters. The van der Waals surface area contributed by atoms with Gasteiger partial charge in [-0.25, -0.2) is 9.48 Å². The molecule has 4 rings (SSSR count). The second kappa shape index (κ2) is 9.82. The summed E-state index contributed by atoms with van der Waals surface area (Å²) in [6.07, 6.45) is 3.63. The maximum absolute atomic E-state index is 11.2. The van der Waals surface area contributed by atoms with E-state index in [1.807, 2.05) is 17.7 Å². The predicted octanol–water partition coefficient (Wildman–Crippen LogP) is 3.93. The fourth-order valence-corrected chi connectivity index (χ4v) is 4.11. The Hall–Kier alpha value is -3.39. The number of aromatic carboxylic acids is 1. The lowest BCUT2D eigenvalue weighted by Crippen LogP contribution is -2.34. The summed E-state index contributed by atoms with van der Waals surface area (Å²) in [4.78, 5) is 13.6. The van der Waals surface area contributed by atoms with E-state index in [1.54, 1.807) is 24.3 Å². The first kappa shape index (κ1) is 21.8. The van der Waals surface area contributed by atoms with Crippen LogP contribution in [0.3, 0.4) is 0 Å². The monoisotopic (exact) mass is 436 g/mol. The van der Waals surface area contributed by atoms with Crippen molar-refractivity contribution in [3.05, 3.63) is 60.2 Å². The van der Waals surface area contributed by atoms with Crippen LogP contribution in [-0.4, -0.2) is 57.3 Å². The average Bonchev–Trinajstić information content (AvgIpc) is 3.22. The fourth-order valence-electron chi connectivity index (χ4n) is 4.11. The standard InChI is InChI=1S/C24H28N4O4/c1-3-13-32-22-8-5-17(14-23(22)31-4-2)16-27-11-9-19(10-12-27)28-21-7-6-18(24(29)30)15-20(21)25-26-28/h3,5-8,14-15,19H,1,4,9-13,16H2,2H3,(H,29,30). The Morgan fingerprint density at radius 1 is 1.19 bits per heavy atom. The molecule has 0 spiro atoms. The zero-order chi connectivity index (χ0) is 22.5. The molecule has 168 valence electrons. The van der Waals surface area contributed by atoms with Crippen molar-refractivity contribution in [1.82, 2.24) is 19.9 Å². The molecule has 1 N–H and O–H groups in total. The first-order valence-electron chi connectivity index (χ1n) is 10.9. The Morgan fingerprint density at radius 2 is 2.00 bits per heavy atom. The van der Waals surface area contributed by atoms with Gasteiger partial charge in [0.05, 0.1) is 23.7 Å². The molecule has 3 aromatic rings. The number of aromatic nitrogens is 3. The Balaban J connectivity index is 1.40. The number of rotatable bonds is 9. The van der Waals surface area contributed by atoms with Gasteiger partial charge in [0.2, 0.25) is 0 Å². The average molecular weight is 437 g/mol. The van der Waals surface area contributed by atoms with Crippen molar-refractivity contribution in [3.63, 3.8) is 0 Å². The highest BCUT2D eigenvalue weighted by atomic mass is 16.5. The fraction of sp³-hybridized carbons (Fsp3) is 0.375. The van der Waals surface area contributed by atoms with E-state index in [1.165, 1.54) is 5.56 Å². The van der Waals surface area contributed by atoms with Gasteiger partial charge in [0, 0.05) is 19.6 Å². The molecule has 0 amide bonds. The van der Waals surface area contributed by atoms with E-state index in [4.69, 9.17) is 9.47 Å². The van der Waals surface area contributed by atoms with Gasteiger partial charge in [-0.1, -0.05) is 23.9 Å². The molecule has 1 aliphatic heterocycles. The highest BCUT2D eigenvalue weighted by molar-refractivity contribution is 5.92. The maximum atomic E-state index is 11.2. The predicted molar refractivity (Wildman–Crippen MR) is 121 cm³/mol. The number of nitrogens with zero attached hydrogens (tertiary/aromatic N) is 4. The van der Waals surface area contributed by atoms with E-state index < -0.39 is 5.97 Å². The van der Waals surface area contributed by atoms with Gasteiger partial charge in [0.1, 0.15) is 12.1 Å². The van der Waals surface area contributed by atoms with Gasteiger partial charge in [-0.15, -0.1) is 5.10 Å². The van der Waals surface area contributed by atoms with Crippen LogP contribution in [0, 0.1) is 0 Å². The molecule has 1 fully saturated rings. The quantitative estimate of drug-likeness (QED) is 0.508. The highest BCUT2D eigenvalue weighted by Gasteiger charge is 2.23. The molecule has 0 radical (unpaired) electrons. The SMILES string of the molecule is C=CCOc1ccc(CN2CCC(n3nnc4cc(C(=O)O)ccc43)CC2)cc1OCC. The van der Waals surface area contributed by atoms with Crippen molar-refractivity contribution in [1.29, 1.82) is 0 Å². The Labute approximate surface area is 187 Å². The van der Waals surface area contributed by atoms with Gasteiger partial charge >= 0.3 is 5.97 Å². The summed E-state index contributed by atoms with van der Waals surface area (Å²) in [7, 11) is 0. The Morgan fingerprint density at radius 3 is 2.72 bits per heavy atom. The minimum atomic E-state index is -0.956. The highest BCUT2D eigenvalue weighted by Crippen LogP contribution is 2.31. The minimum Gasteiger partial charge on any atom is -0.490 e. The zero-order valence-corrected chi connectivity index (χ0v) is 18.2. The third kappa shape index (κ3) is 4.75. The number of hydrogen-bond acceptors (Lipinski definition) is 6. The molecule has 1 saturated heterocycles. The van der Waals surface area contributed by atoms with Gasteiger partial charge in [0.15, 0.2) is 11.5 Å². The van der Waals surface area contributed by atoms with Gasteiger partial charge < -0.3 is 14.6 Å². The van der Waals surface area contributed by atoms with Crippen LogP contribution < -0.4 is 9.47 Å². The van der Waals surface area contributed by atoms with Crippen molar-refractivity contribution in [2.24, 2.45) is 0 Å². The number of carboxylic acid groups (broad SMARTS) is 1. The van der Waals surface area contributed by atoms with Crippen LogP contribution in [-0.2, 0) is 6.54 Å². The van der Waals surface area contributed by atoms with Crippen LogP contribution in [0.4, 0.5) is 0 Å². The minimum absolute atomic E-state index is 0.228. The lowest BCUT2D eigenvalue weighted by molar-refractivity contribution is 0.0697. The lowest BCUT2D eigenvalue weighted by Gasteiger charge is -2.32. The molecule has 1 aromatic heterocycles. The topological polar surface area (TPSA) is 89.7 Å². The third-order valence-corrected chi connectivity index (χ3v) is 5.69. The van der Waals surface area contributed by atoms with E-state index in [0.29, 0.717) is 18.7 Å². The van der Waals surface area contributed by atoms with E-state index in [9.17, 15) is 9.90 Å². The summed E-state index contributed by atoms with van der Waals surface area (Å²) in [5.74, 6) is 0.539. The van der Waals surface area contributed by atoms with Crippen LogP contribution in [0.5, 0.6) is 11.5 Å². The van der Waals surface area contributed by atoms with Gasteiger partial charge in [-0.05, 0) is 55.7 Å². The molecule has 0 aliphatic carbocycles. The van der Waals surface area contributed by atoms with Crippen LogP contribution in [0.1, 0.15) is 41.7 Å². The maximum Gasteiger partial charge on any atom is 0.335 e. The normalized spacial score (nSPS) is 15.0. The molecule has 32 heavy (non-hydrogen) atoms. The van der Waals surface area contributed by atoms with Crippen LogP contribution in [0.25, 0.3) is 11.0 Å². The summed E-state index contributed by atoms with van der Waals surface area (Å²) in [5.41, 5.74) is 2.91. The number of piperidine rings is 1. The number of likely N-dealkylation sites (tertiary alicyclic amines) is 1. The molecule has 0 atom stereocenters. The molecular formula is C24H28N4O4. The second-order valence-corrected chi connectivity index (χ2v) is 7.86. The molecular weight excluding hydrogens is 408 g/mol. The summed E-state index contributed by atoms with van der Waals surface area (Å²) in [5, 5.41) is 17.7. The first-order valence-corrected chi connectivity index (χ1v) is 10.9. The molecule has 2 aromatic carbocycles. The second-order valence-electron chi connectivity index (χ2n) is 7.86. The summed E-state index contributed by atoms with van der Waals surface area (Å²) in [6, 6.07) is 11.3. The van der Waals surface area contributed by atoms with Crippen molar-refractivity contribution < 1.29 is 19.4 Å². The number of hydrogen-bond donors (Lipinski definition) is 1. The summed E-state index contributed by atoms with van der Waals surface area (Å²) in [6.45, 7) is 9.41. The Bertz CT molecular complexity index is 1100. The number of carbonyl (C=O) groups is 1. The molecule has 0 saturated carbocycles. The molecule has 8 heteroatoms. The number of fused-ring (bicyclic) bond motifs is 1. The molecule has 0 bridgehead atoms. The third-order valence-electron chi connectivity index (χ3n) is 5.69. The lowest BCUT2D eigenvalue weighted by atomic mass is 10.0. The number of carboxylic acids is 1. The number of ether oxygens (including phenoxy) is 2. The number of benzene rings is 2. The zero-order valence-electron chi connectivity index (χ0n) is 18.2. The van der Waals surface area contributed by atoms with Gasteiger partial charge in [0.25, 0.3) is 0 Å². The van der Waals surface area contributed by atoms with Crippen LogP contribution in [0.2, 0.25) is 0 Å². The summed E-state index contributed by atoms with van der Waals surface area (Å²) >= 11 is 0. The molecule has 8 nitrogen and oxygen atoms in total. The van der Waals surface area contributed by atoms with Gasteiger partial charge in [-0.3, -0.25) is 4.90 Å². The molecule has 2 heterocycles. The van der Waals surface area contributed by atoms with Crippen molar-refractivity contribution in [2.45, 2.75) is 32.4 Å². The van der Waals surface area contributed by atoms with E-state index in [2.05, 4.69) is 33.9 Å². The van der Waals surface area contributed by atoms with Crippen molar-refractivity contribution in [3.8, 4) is 11.5 Å². The first-order chi connectivity index (χ1) is 15.6. The van der Waals surface area contributed by atoms with E-state index >= 15 is 0 Å². The smallest absolute Gasteiger partial charge is 0.335 e. The van der Waals surface area contributed by atoms with Crippen LogP contribution in [0.15, 0.2) is 49.1 Å².